The van der Waals surface area contributed by atoms with Crippen molar-refractivity contribution in [1.82, 2.24) is 14.7 Å². The second kappa shape index (κ2) is 8.27. The number of ether oxygens (including phenoxy) is 1. The van der Waals surface area contributed by atoms with Crippen LogP contribution in [-0.2, 0) is 9.53 Å². The number of likely N-dealkylation sites (tertiary alicyclic amines) is 1. The molecule has 3 fully saturated rings. The Balaban J connectivity index is 1.21. The number of hydrogen-bond acceptors (Lipinski definition) is 5. The van der Waals surface area contributed by atoms with Gasteiger partial charge in [-0.3, -0.25) is 19.5 Å². The zero-order chi connectivity index (χ0) is 18.6. The van der Waals surface area contributed by atoms with Gasteiger partial charge in [0.2, 0.25) is 5.91 Å². The third kappa shape index (κ3) is 4.42. The molecule has 0 N–H and O–H groups in total. The van der Waals surface area contributed by atoms with Gasteiger partial charge in [0, 0.05) is 51.5 Å². The first kappa shape index (κ1) is 18.3. The highest BCUT2D eigenvalue weighted by Gasteiger charge is 2.34. The largest absolute Gasteiger partial charge is 0.443 e. The van der Waals surface area contributed by atoms with Gasteiger partial charge in [-0.25, -0.2) is 4.79 Å². The van der Waals surface area contributed by atoms with E-state index in [0.29, 0.717) is 13.1 Å². The molecule has 0 aliphatic carbocycles. The van der Waals surface area contributed by atoms with Gasteiger partial charge in [0.25, 0.3) is 0 Å². The normalized spacial score (nSPS) is 24.4. The van der Waals surface area contributed by atoms with E-state index < -0.39 is 0 Å². The number of benzene rings is 1. The molecule has 3 heterocycles. The minimum Gasteiger partial charge on any atom is -0.443 e. The number of hydrogen-bond donors (Lipinski definition) is 0. The number of carbonyl (C=O) groups is 2. The molecule has 27 heavy (non-hydrogen) atoms. The number of anilines is 1. The molecule has 0 aromatic heterocycles. The lowest BCUT2D eigenvalue weighted by atomic mass is 10.2. The Morgan fingerprint density at radius 1 is 0.963 bits per heavy atom. The highest BCUT2D eigenvalue weighted by Crippen LogP contribution is 2.22. The average molecular weight is 372 g/mol. The van der Waals surface area contributed by atoms with Gasteiger partial charge in [-0.15, -0.1) is 0 Å². The molecule has 0 bridgehead atoms. The summed E-state index contributed by atoms with van der Waals surface area (Å²) in [6.07, 6.45) is 1.91. The van der Waals surface area contributed by atoms with Gasteiger partial charge in [-0.05, 0) is 25.0 Å². The maximum atomic E-state index is 12.3. The molecule has 0 spiro atoms. The van der Waals surface area contributed by atoms with Crippen molar-refractivity contribution in [3.05, 3.63) is 30.3 Å². The Bertz CT molecular complexity index is 654. The maximum absolute atomic E-state index is 12.3. The molecule has 1 aromatic carbocycles. The zero-order valence-corrected chi connectivity index (χ0v) is 15.8. The molecule has 3 aliphatic rings. The second-order valence-corrected chi connectivity index (χ2v) is 7.62. The summed E-state index contributed by atoms with van der Waals surface area (Å²) in [4.78, 5) is 32.7. The summed E-state index contributed by atoms with van der Waals surface area (Å²) >= 11 is 0. The van der Waals surface area contributed by atoms with Crippen molar-refractivity contribution >= 4 is 17.7 Å². The highest BCUT2D eigenvalue weighted by molar-refractivity contribution is 5.89. The van der Waals surface area contributed by atoms with E-state index in [1.54, 1.807) is 4.90 Å². The standard InChI is InChI=1S/C20H28N4O3/c25-19(23-8-4-5-9-23)16-22-12-10-21(11-13-22)14-18-15-24(20(26)27-18)17-6-2-1-3-7-17/h1-3,6-7,18H,4-5,8-16H2. The molecule has 1 aromatic rings. The first-order valence-electron chi connectivity index (χ1n) is 9.95. The molecule has 1 unspecified atom stereocenters. The van der Waals surface area contributed by atoms with Crippen LogP contribution in [0.5, 0.6) is 0 Å². The summed E-state index contributed by atoms with van der Waals surface area (Å²) in [5.74, 6) is 0.268. The number of rotatable bonds is 5. The lowest BCUT2D eigenvalue weighted by Crippen LogP contribution is -2.51. The second-order valence-electron chi connectivity index (χ2n) is 7.62. The van der Waals surface area contributed by atoms with Crippen LogP contribution in [0.4, 0.5) is 10.5 Å². The van der Waals surface area contributed by atoms with E-state index in [1.807, 2.05) is 35.2 Å². The van der Waals surface area contributed by atoms with E-state index in [2.05, 4.69) is 9.80 Å². The third-order valence-electron chi connectivity index (χ3n) is 5.69. The number of para-hydroxylation sites is 1. The SMILES string of the molecule is O=C(CN1CCN(CC2CN(c3ccccc3)C(=O)O2)CC1)N1CCCC1. The van der Waals surface area contributed by atoms with Gasteiger partial charge in [-0.1, -0.05) is 18.2 Å². The molecule has 1 atom stereocenters. The van der Waals surface area contributed by atoms with Crippen LogP contribution < -0.4 is 4.90 Å². The monoisotopic (exact) mass is 372 g/mol. The third-order valence-corrected chi connectivity index (χ3v) is 5.69. The Morgan fingerprint density at radius 2 is 1.63 bits per heavy atom. The summed E-state index contributed by atoms with van der Waals surface area (Å²) in [5.41, 5.74) is 0.884. The first-order valence-corrected chi connectivity index (χ1v) is 9.95. The van der Waals surface area contributed by atoms with Crippen molar-refractivity contribution in [1.29, 1.82) is 0 Å². The average Bonchev–Trinajstić information content (AvgIpc) is 3.34. The Morgan fingerprint density at radius 3 is 2.33 bits per heavy atom. The van der Waals surface area contributed by atoms with Crippen molar-refractivity contribution in [2.75, 3.05) is 63.8 Å². The number of amides is 2. The molecule has 7 heteroatoms. The summed E-state index contributed by atoms with van der Waals surface area (Å²) in [6, 6.07) is 9.66. The van der Waals surface area contributed by atoms with Crippen molar-refractivity contribution < 1.29 is 14.3 Å². The van der Waals surface area contributed by atoms with Crippen LogP contribution in [-0.4, -0.2) is 91.7 Å². The van der Waals surface area contributed by atoms with Crippen molar-refractivity contribution in [2.45, 2.75) is 18.9 Å². The van der Waals surface area contributed by atoms with Crippen LogP contribution in [0.2, 0.25) is 0 Å². The van der Waals surface area contributed by atoms with Crippen LogP contribution in [0.1, 0.15) is 12.8 Å². The maximum Gasteiger partial charge on any atom is 0.414 e. The minimum absolute atomic E-state index is 0.101. The minimum atomic E-state index is -0.263. The molecule has 4 rings (SSSR count). The van der Waals surface area contributed by atoms with Crippen LogP contribution >= 0.6 is 0 Å². The van der Waals surface area contributed by atoms with Gasteiger partial charge >= 0.3 is 6.09 Å². The molecule has 0 saturated carbocycles. The number of nitrogens with zero attached hydrogens (tertiary/aromatic N) is 4. The lowest BCUT2D eigenvalue weighted by Gasteiger charge is -2.35. The fraction of sp³-hybridized carbons (Fsp3) is 0.600. The molecular weight excluding hydrogens is 344 g/mol. The summed E-state index contributed by atoms with van der Waals surface area (Å²) < 4.78 is 5.56. The van der Waals surface area contributed by atoms with Crippen molar-refractivity contribution in [3.63, 3.8) is 0 Å². The van der Waals surface area contributed by atoms with E-state index in [9.17, 15) is 9.59 Å². The highest BCUT2D eigenvalue weighted by atomic mass is 16.6. The van der Waals surface area contributed by atoms with Crippen molar-refractivity contribution in [2.24, 2.45) is 0 Å². The van der Waals surface area contributed by atoms with Gasteiger partial charge in [-0.2, -0.15) is 0 Å². The van der Waals surface area contributed by atoms with Crippen LogP contribution in [0.3, 0.4) is 0 Å². The predicted octanol–water partition coefficient (Wildman–Crippen LogP) is 1.25. The van der Waals surface area contributed by atoms with E-state index in [0.717, 1.165) is 64.3 Å². The van der Waals surface area contributed by atoms with E-state index >= 15 is 0 Å². The number of carbonyl (C=O) groups excluding carboxylic acids is 2. The number of piperazine rings is 1. The quantitative estimate of drug-likeness (QED) is 0.779. The van der Waals surface area contributed by atoms with Gasteiger partial charge in [0.1, 0.15) is 6.10 Å². The Hall–Kier alpha value is -2.12. The van der Waals surface area contributed by atoms with E-state index in [-0.39, 0.29) is 18.1 Å². The fourth-order valence-electron chi connectivity index (χ4n) is 4.11. The Labute approximate surface area is 160 Å². The molecule has 0 radical (unpaired) electrons. The molecule has 3 aliphatic heterocycles. The summed E-state index contributed by atoms with van der Waals surface area (Å²) in [5, 5.41) is 0. The summed E-state index contributed by atoms with van der Waals surface area (Å²) in [6.45, 7) is 7.33. The molecule has 3 saturated heterocycles. The number of cyclic esters (lactones) is 1. The zero-order valence-electron chi connectivity index (χ0n) is 15.8. The van der Waals surface area contributed by atoms with Crippen LogP contribution in [0, 0.1) is 0 Å². The van der Waals surface area contributed by atoms with Crippen molar-refractivity contribution in [3.8, 4) is 0 Å². The predicted molar refractivity (Wildman–Crippen MR) is 103 cm³/mol. The topological polar surface area (TPSA) is 56.3 Å². The van der Waals surface area contributed by atoms with Gasteiger partial charge < -0.3 is 9.64 Å². The molecule has 146 valence electrons. The molecular formula is C20H28N4O3. The van der Waals surface area contributed by atoms with E-state index in [1.165, 1.54) is 0 Å². The molecule has 7 nitrogen and oxygen atoms in total. The van der Waals surface area contributed by atoms with E-state index in [4.69, 9.17) is 4.74 Å². The van der Waals surface area contributed by atoms with Gasteiger partial charge in [0.15, 0.2) is 0 Å². The smallest absolute Gasteiger partial charge is 0.414 e. The summed E-state index contributed by atoms with van der Waals surface area (Å²) in [7, 11) is 0. The Kier molecular flexibility index (Phi) is 5.59. The molecule has 2 amide bonds. The van der Waals surface area contributed by atoms with Crippen LogP contribution in [0.25, 0.3) is 0 Å². The van der Waals surface area contributed by atoms with Gasteiger partial charge in [0.05, 0.1) is 13.1 Å². The lowest BCUT2D eigenvalue weighted by molar-refractivity contribution is -0.131. The fourth-order valence-corrected chi connectivity index (χ4v) is 4.11. The van der Waals surface area contributed by atoms with Crippen LogP contribution in [0.15, 0.2) is 30.3 Å². The first-order chi connectivity index (χ1) is 13.2.